The summed E-state index contributed by atoms with van der Waals surface area (Å²) in [5.41, 5.74) is -6.04. The SMILES string of the molecule is N#Cc1ncc(C(F)(F)F)c(C(F)F)c1C(=O)O. The van der Waals surface area contributed by atoms with Gasteiger partial charge in [0, 0.05) is 11.8 Å². The molecule has 1 N–H and O–H groups in total. The average molecular weight is 266 g/mol. The molecule has 1 aromatic heterocycles. The zero-order valence-electron chi connectivity index (χ0n) is 8.29. The molecule has 96 valence electrons. The Morgan fingerprint density at radius 2 is 2.00 bits per heavy atom. The van der Waals surface area contributed by atoms with Crippen LogP contribution in [-0.4, -0.2) is 16.1 Å². The number of hydrogen-bond acceptors (Lipinski definition) is 3. The summed E-state index contributed by atoms with van der Waals surface area (Å²) in [6.45, 7) is 0. The first kappa shape index (κ1) is 13.8. The highest BCUT2D eigenvalue weighted by Crippen LogP contribution is 2.38. The third kappa shape index (κ3) is 2.37. The number of carbonyl (C=O) groups is 1. The molecule has 0 amide bonds. The number of hydrogen-bond donors (Lipinski definition) is 1. The molecule has 4 nitrogen and oxygen atoms in total. The van der Waals surface area contributed by atoms with Crippen LogP contribution in [0.5, 0.6) is 0 Å². The minimum Gasteiger partial charge on any atom is -0.478 e. The molecule has 0 spiro atoms. The number of rotatable bonds is 2. The number of nitrogens with zero attached hydrogens (tertiary/aromatic N) is 2. The van der Waals surface area contributed by atoms with E-state index in [1.165, 1.54) is 0 Å². The van der Waals surface area contributed by atoms with Crippen molar-refractivity contribution < 1.29 is 31.9 Å². The molecular weight excluding hydrogens is 263 g/mol. The standard InChI is InChI=1S/C9H3F5N2O2/c10-7(11)5-3(9(12,13)14)2-16-4(1-15)6(5)8(17)18/h2,7H,(H,17,18). The van der Waals surface area contributed by atoms with E-state index in [0.29, 0.717) is 0 Å². The van der Waals surface area contributed by atoms with Crippen LogP contribution in [-0.2, 0) is 6.18 Å². The van der Waals surface area contributed by atoms with Crippen LogP contribution in [0.4, 0.5) is 22.0 Å². The Balaban J connectivity index is 3.75. The number of halogens is 5. The van der Waals surface area contributed by atoms with E-state index < -0.39 is 41.0 Å². The second kappa shape index (κ2) is 4.56. The van der Waals surface area contributed by atoms with Gasteiger partial charge in [-0.3, -0.25) is 0 Å². The van der Waals surface area contributed by atoms with Gasteiger partial charge in [-0.2, -0.15) is 18.4 Å². The lowest BCUT2D eigenvalue weighted by atomic mass is 10.0. The first-order valence-corrected chi connectivity index (χ1v) is 4.21. The van der Waals surface area contributed by atoms with Crippen LogP contribution in [0.3, 0.4) is 0 Å². The van der Waals surface area contributed by atoms with Crippen molar-refractivity contribution in [3.63, 3.8) is 0 Å². The maximum absolute atomic E-state index is 12.6. The molecule has 1 heterocycles. The summed E-state index contributed by atoms with van der Waals surface area (Å²) >= 11 is 0. The van der Waals surface area contributed by atoms with Crippen molar-refractivity contribution in [2.45, 2.75) is 12.6 Å². The van der Waals surface area contributed by atoms with Gasteiger partial charge in [0.1, 0.15) is 11.6 Å². The first-order chi connectivity index (χ1) is 8.20. The lowest BCUT2D eigenvalue weighted by Crippen LogP contribution is -2.17. The summed E-state index contributed by atoms with van der Waals surface area (Å²) in [6.07, 6.45) is -8.86. The van der Waals surface area contributed by atoms with E-state index in [-0.39, 0.29) is 6.20 Å². The van der Waals surface area contributed by atoms with Crippen molar-refractivity contribution in [1.29, 1.82) is 5.26 Å². The monoisotopic (exact) mass is 266 g/mol. The van der Waals surface area contributed by atoms with E-state index in [4.69, 9.17) is 10.4 Å². The van der Waals surface area contributed by atoms with E-state index in [1.807, 2.05) is 0 Å². The fourth-order valence-electron chi connectivity index (χ4n) is 1.28. The third-order valence-corrected chi connectivity index (χ3v) is 1.96. The molecule has 0 aromatic carbocycles. The van der Waals surface area contributed by atoms with E-state index in [0.717, 1.165) is 6.07 Å². The Morgan fingerprint density at radius 1 is 1.44 bits per heavy atom. The maximum atomic E-state index is 12.6. The summed E-state index contributed by atoms with van der Waals surface area (Å²) in [4.78, 5) is 13.6. The number of aromatic nitrogens is 1. The van der Waals surface area contributed by atoms with Gasteiger partial charge in [-0.25, -0.2) is 18.6 Å². The Bertz CT molecular complexity index is 533. The highest BCUT2D eigenvalue weighted by molar-refractivity contribution is 5.92. The smallest absolute Gasteiger partial charge is 0.418 e. The maximum Gasteiger partial charge on any atom is 0.418 e. The van der Waals surface area contributed by atoms with Gasteiger partial charge in [0.05, 0.1) is 5.56 Å². The zero-order chi connectivity index (χ0) is 14.1. The van der Waals surface area contributed by atoms with Crippen LogP contribution in [0.2, 0.25) is 0 Å². The Morgan fingerprint density at radius 3 is 2.33 bits per heavy atom. The number of nitriles is 1. The van der Waals surface area contributed by atoms with Crippen LogP contribution >= 0.6 is 0 Å². The van der Waals surface area contributed by atoms with Gasteiger partial charge in [0.2, 0.25) is 0 Å². The van der Waals surface area contributed by atoms with Crippen molar-refractivity contribution in [2.75, 3.05) is 0 Å². The molecular formula is C9H3F5N2O2. The highest BCUT2D eigenvalue weighted by Gasteiger charge is 2.40. The molecule has 0 aliphatic heterocycles. The summed E-state index contributed by atoms with van der Waals surface area (Å²) in [7, 11) is 0. The summed E-state index contributed by atoms with van der Waals surface area (Å²) in [5, 5.41) is 17.1. The summed E-state index contributed by atoms with van der Waals surface area (Å²) in [6, 6.07) is 1.16. The highest BCUT2D eigenvalue weighted by atomic mass is 19.4. The Kier molecular flexibility index (Phi) is 3.50. The molecule has 1 aromatic rings. The number of pyridine rings is 1. The van der Waals surface area contributed by atoms with Crippen LogP contribution in [0.15, 0.2) is 6.20 Å². The molecule has 1 rings (SSSR count). The van der Waals surface area contributed by atoms with Crippen LogP contribution < -0.4 is 0 Å². The topological polar surface area (TPSA) is 74.0 Å². The molecule has 0 radical (unpaired) electrons. The van der Waals surface area contributed by atoms with E-state index in [9.17, 15) is 26.7 Å². The minimum atomic E-state index is -5.18. The molecule has 18 heavy (non-hydrogen) atoms. The predicted octanol–water partition coefficient (Wildman–Crippen LogP) is 2.61. The second-order valence-electron chi connectivity index (χ2n) is 3.02. The lowest BCUT2D eigenvalue weighted by molar-refractivity contribution is -0.139. The largest absolute Gasteiger partial charge is 0.478 e. The molecule has 0 aliphatic carbocycles. The number of aromatic carboxylic acids is 1. The van der Waals surface area contributed by atoms with Crippen molar-refractivity contribution in [1.82, 2.24) is 4.98 Å². The molecule has 0 atom stereocenters. The number of alkyl halides is 5. The normalized spacial score (nSPS) is 11.4. The Hall–Kier alpha value is -2.24. The van der Waals surface area contributed by atoms with Gasteiger partial charge < -0.3 is 5.11 Å². The molecule has 0 bridgehead atoms. The van der Waals surface area contributed by atoms with Crippen molar-refractivity contribution in [3.05, 3.63) is 28.6 Å². The molecule has 0 fully saturated rings. The lowest BCUT2D eigenvalue weighted by Gasteiger charge is -2.14. The van der Waals surface area contributed by atoms with Crippen molar-refractivity contribution >= 4 is 5.97 Å². The first-order valence-electron chi connectivity index (χ1n) is 4.21. The molecule has 0 unspecified atom stereocenters. The summed E-state index contributed by atoms with van der Waals surface area (Å²) < 4.78 is 62.5. The molecule has 0 aliphatic rings. The van der Waals surface area contributed by atoms with Gasteiger partial charge in [-0.15, -0.1) is 0 Å². The van der Waals surface area contributed by atoms with Crippen LogP contribution in [0.1, 0.15) is 33.6 Å². The molecule has 0 saturated heterocycles. The van der Waals surface area contributed by atoms with Gasteiger partial charge >= 0.3 is 12.1 Å². The predicted molar refractivity (Wildman–Crippen MR) is 45.9 cm³/mol. The number of carboxylic acid groups (broad SMARTS) is 1. The third-order valence-electron chi connectivity index (χ3n) is 1.96. The molecule has 9 heteroatoms. The van der Waals surface area contributed by atoms with Gasteiger partial charge in [-0.1, -0.05) is 0 Å². The average Bonchev–Trinajstić information content (AvgIpc) is 2.25. The van der Waals surface area contributed by atoms with Gasteiger partial charge in [0.15, 0.2) is 5.69 Å². The second-order valence-corrected chi connectivity index (χ2v) is 3.02. The van der Waals surface area contributed by atoms with Crippen molar-refractivity contribution in [3.8, 4) is 6.07 Å². The van der Waals surface area contributed by atoms with Gasteiger partial charge in [-0.05, 0) is 0 Å². The molecule has 0 saturated carbocycles. The van der Waals surface area contributed by atoms with Crippen LogP contribution in [0, 0.1) is 11.3 Å². The van der Waals surface area contributed by atoms with Gasteiger partial charge in [0.25, 0.3) is 6.43 Å². The van der Waals surface area contributed by atoms with Crippen LogP contribution in [0.25, 0.3) is 0 Å². The zero-order valence-corrected chi connectivity index (χ0v) is 8.29. The fraction of sp³-hybridized carbons (Fsp3) is 0.222. The number of carboxylic acids is 1. The Labute approximate surface area is 96.3 Å². The fourth-order valence-corrected chi connectivity index (χ4v) is 1.28. The summed E-state index contributed by atoms with van der Waals surface area (Å²) in [5.74, 6) is -2.07. The van der Waals surface area contributed by atoms with E-state index >= 15 is 0 Å². The van der Waals surface area contributed by atoms with E-state index in [2.05, 4.69) is 4.98 Å². The quantitative estimate of drug-likeness (QED) is 0.835. The van der Waals surface area contributed by atoms with Crippen molar-refractivity contribution in [2.24, 2.45) is 0 Å². The minimum absolute atomic E-state index is 0.0203. The van der Waals surface area contributed by atoms with E-state index in [1.54, 1.807) is 0 Å².